The predicted molar refractivity (Wildman–Crippen MR) is 82.1 cm³/mol. The Kier molecular flexibility index (Phi) is 5.06. The minimum absolute atomic E-state index is 0.0247. The van der Waals surface area contributed by atoms with Crippen molar-refractivity contribution in [2.24, 2.45) is 0 Å². The summed E-state index contributed by atoms with van der Waals surface area (Å²) >= 11 is 12.0. The van der Waals surface area contributed by atoms with Crippen molar-refractivity contribution < 1.29 is 9.72 Å². The molecule has 0 unspecified atom stereocenters. The van der Waals surface area contributed by atoms with Gasteiger partial charge >= 0.3 is 0 Å². The summed E-state index contributed by atoms with van der Waals surface area (Å²) in [6.07, 6.45) is 4.11. The Bertz CT molecular complexity index is 572. The number of hydrogen-bond acceptors (Lipinski definition) is 3. The van der Waals surface area contributed by atoms with E-state index in [2.05, 4.69) is 0 Å². The predicted octanol–water partition coefficient (Wildman–Crippen LogP) is 4.31. The number of rotatable bonds is 4. The van der Waals surface area contributed by atoms with Crippen LogP contribution in [0.4, 0.5) is 5.69 Å². The second-order valence-corrected chi connectivity index (χ2v) is 5.86. The average Bonchev–Trinajstić information content (AvgIpc) is 2.96. The fraction of sp³-hybridized carbons (Fsp3) is 0.500. The number of amides is 1. The number of carbonyl (C=O) groups is 1. The van der Waals surface area contributed by atoms with Crippen LogP contribution in [0.3, 0.4) is 0 Å². The van der Waals surface area contributed by atoms with Crippen LogP contribution >= 0.6 is 23.2 Å². The Morgan fingerprint density at radius 1 is 1.38 bits per heavy atom. The van der Waals surface area contributed by atoms with Gasteiger partial charge in [0.05, 0.1) is 20.5 Å². The fourth-order valence-electron chi connectivity index (χ4n) is 2.77. The SMILES string of the molecule is CCN(C(=O)c1cc([N+](=O)[O-])cc(Cl)c1Cl)C1CCCC1. The highest BCUT2D eigenvalue weighted by atomic mass is 35.5. The van der Waals surface area contributed by atoms with Gasteiger partial charge in [-0.15, -0.1) is 0 Å². The molecule has 0 radical (unpaired) electrons. The number of hydrogen-bond donors (Lipinski definition) is 0. The van der Waals surface area contributed by atoms with E-state index in [0.717, 1.165) is 31.7 Å². The van der Waals surface area contributed by atoms with Gasteiger partial charge in [0.1, 0.15) is 0 Å². The van der Waals surface area contributed by atoms with Gasteiger partial charge < -0.3 is 4.90 Å². The van der Waals surface area contributed by atoms with E-state index >= 15 is 0 Å². The van der Waals surface area contributed by atoms with E-state index in [9.17, 15) is 14.9 Å². The van der Waals surface area contributed by atoms with Crippen molar-refractivity contribution in [3.63, 3.8) is 0 Å². The molecule has 1 saturated carbocycles. The summed E-state index contributed by atoms with van der Waals surface area (Å²) in [5, 5.41) is 11.0. The quantitative estimate of drug-likeness (QED) is 0.610. The van der Waals surface area contributed by atoms with Gasteiger partial charge in [0.25, 0.3) is 11.6 Å². The second-order valence-electron chi connectivity index (χ2n) is 5.08. The van der Waals surface area contributed by atoms with E-state index < -0.39 is 4.92 Å². The lowest BCUT2D eigenvalue weighted by molar-refractivity contribution is -0.384. The Hall–Kier alpha value is -1.33. The topological polar surface area (TPSA) is 63.5 Å². The number of carbonyl (C=O) groups excluding carboxylic acids is 1. The lowest BCUT2D eigenvalue weighted by Gasteiger charge is -2.28. The van der Waals surface area contributed by atoms with Gasteiger partial charge in [-0.2, -0.15) is 0 Å². The van der Waals surface area contributed by atoms with Crippen LogP contribution in [-0.4, -0.2) is 28.3 Å². The molecular formula is C14H16Cl2N2O3. The first kappa shape index (κ1) is 16.0. The lowest BCUT2D eigenvalue weighted by atomic mass is 10.1. The molecular weight excluding hydrogens is 315 g/mol. The molecule has 1 fully saturated rings. The van der Waals surface area contributed by atoms with E-state index in [1.54, 1.807) is 4.90 Å². The smallest absolute Gasteiger partial charge is 0.271 e. The number of non-ortho nitro benzene ring substituents is 1. The van der Waals surface area contributed by atoms with Crippen LogP contribution < -0.4 is 0 Å². The third-order valence-electron chi connectivity index (χ3n) is 3.82. The third-order valence-corrected chi connectivity index (χ3v) is 4.62. The molecule has 5 nitrogen and oxygen atoms in total. The van der Waals surface area contributed by atoms with Crippen molar-refractivity contribution in [3.05, 3.63) is 37.9 Å². The Labute approximate surface area is 133 Å². The van der Waals surface area contributed by atoms with Crippen molar-refractivity contribution in [3.8, 4) is 0 Å². The Morgan fingerprint density at radius 2 is 2.00 bits per heavy atom. The maximum Gasteiger partial charge on any atom is 0.271 e. The summed E-state index contributed by atoms with van der Waals surface area (Å²) < 4.78 is 0. The van der Waals surface area contributed by atoms with Gasteiger partial charge in [-0.1, -0.05) is 36.0 Å². The highest BCUT2D eigenvalue weighted by molar-refractivity contribution is 6.44. The van der Waals surface area contributed by atoms with E-state index in [4.69, 9.17) is 23.2 Å². The van der Waals surface area contributed by atoms with Crippen molar-refractivity contribution in [2.45, 2.75) is 38.6 Å². The molecule has 0 aromatic heterocycles. The van der Waals surface area contributed by atoms with Gasteiger partial charge in [0.15, 0.2) is 0 Å². The number of nitro benzene ring substituents is 1. The highest BCUT2D eigenvalue weighted by Gasteiger charge is 2.29. The monoisotopic (exact) mass is 330 g/mol. The summed E-state index contributed by atoms with van der Waals surface area (Å²) in [5.74, 6) is -0.292. The molecule has 1 aliphatic carbocycles. The van der Waals surface area contributed by atoms with Crippen molar-refractivity contribution >= 4 is 34.8 Å². The van der Waals surface area contributed by atoms with Crippen molar-refractivity contribution in [1.82, 2.24) is 4.90 Å². The zero-order valence-electron chi connectivity index (χ0n) is 11.6. The molecule has 0 heterocycles. The zero-order valence-corrected chi connectivity index (χ0v) is 13.2. The second kappa shape index (κ2) is 6.62. The molecule has 1 aromatic carbocycles. The molecule has 0 aliphatic heterocycles. The summed E-state index contributed by atoms with van der Waals surface area (Å²) in [5.41, 5.74) is -0.125. The maximum atomic E-state index is 12.7. The molecule has 0 N–H and O–H groups in total. The molecule has 21 heavy (non-hydrogen) atoms. The summed E-state index contributed by atoms with van der Waals surface area (Å²) in [4.78, 5) is 24.7. The first-order valence-electron chi connectivity index (χ1n) is 6.90. The van der Waals surface area contributed by atoms with E-state index in [-0.39, 0.29) is 33.2 Å². The molecule has 1 aromatic rings. The van der Waals surface area contributed by atoms with Crippen LogP contribution in [-0.2, 0) is 0 Å². The first-order valence-corrected chi connectivity index (χ1v) is 7.65. The standard InChI is InChI=1S/C14H16Cl2N2O3/c1-2-17(9-5-3-4-6-9)14(19)11-7-10(18(20)21)8-12(15)13(11)16/h7-9H,2-6H2,1H3. The zero-order chi connectivity index (χ0) is 15.6. The molecule has 1 amide bonds. The van der Waals surface area contributed by atoms with Gasteiger partial charge in [0.2, 0.25) is 0 Å². The van der Waals surface area contributed by atoms with Crippen molar-refractivity contribution in [2.75, 3.05) is 6.54 Å². The minimum Gasteiger partial charge on any atom is -0.336 e. The van der Waals surface area contributed by atoms with Gasteiger partial charge in [-0.3, -0.25) is 14.9 Å². The molecule has 0 atom stereocenters. The van der Waals surface area contributed by atoms with Gasteiger partial charge in [-0.05, 0) is 19.8 Å². The van der Waals surface area contributed by atoms with Gasteiger partial charge in [-0.25, -0.2) is 0 Å². The molecule has 0 saturated heterocycles. The third kappa shape index (κ3) is 3.30. The maximum absolute atomic E-state index is 12.7. The molecule has 1 aliphatic rings. The number of halogens is 2. The Balaban J connectivity index is 2.39. The van der Waals surface area contributed by atoms with Crippen LogP contribution in [0.2, 0.25) is 10.0 Å². The van der Waals surface area contributed by atoms with E-state index in [1.807, 2.05) is 6.92 Å². The van der Waals surface area contributed by atoms with E-state index in [0.29, 0.717) is 6.54 Å². The first-order chi connectivity index (χ1) is 9.95. The number of nitrogens with zero attached hydrogens (tertiary/aromatic N) is 2. The fourth-order valence-corrected chi connectivity index (χ4v) is 3.18. The summed E-state index contributed by atoms with van der Waals surface area (Å²) in [7, 11) is 0. The molecule has 2 rings (SSSR count). The lowest BCUT2D eigenvalue weighted by Crippen LogP contribution is -2.38. The molecule has 0 spiro atoms. The van der Waals surface area contributed by atoms with Crippen LogP contribution in [0.25, 0.3) is 0 Å². The number of benzene rings is 1. The summed E-state index contributed by atoms with van der Waals surface area (Å²) in [6, 6.07) is 2.54. The highest BCUT2D eigenvalue weighted by Crippen LogP contribution is 2.33. The molecule has 7 heteroatoms. The number of nitro groups is 1. The largest absolute Gasteiger partial charge is 0.336 e. The average molecular weight is 331 g/mol. The van der Waals surface area contributed by atoms with Crippen LogP contribution in [0.15, 0.2) is 12.1 Å². The van der Waals surface area contributed by atoms with Gasteiger partial charge in [0, 0.05) is 24.7 Å². The Morgan fingerprint density at radius 3 is 2.52 bits per heavy atom. The summed E-state index contributed by atoms with van der Waals surface area (Å²) in [6.45, 7) is 2.43. The van der Waals surface area contributed by atoms with Crippen molar-refractivity contribution in [1.29, 1.82) is 0 Å². The normalized spacial score (nSPS) is 15.2. The molecule has 0 bridgehead atoms. The van der Waals surface area contributed by atoms with Crippen LogP contribution in [0, 0.1) is 10.1 Å². The minimum atomic E-state index is -0.579. The van der Waals surface area contributed by atoms with Crippen LogP contribution in [0.1, 0.15) is 43.0 Å². The van der Waals surface area contributed by atoms with E-state index in [1.165, 1.54) is 6.07 Å². The van der Waals surface area contributed by atoms with Crippen LogP contribution in [0.5, 0.6) is 0 Å². The molecule has 114 valence electrons.